The van der Waals surface area contributed by atoms with Gasteiger partial charge in [-0.05, 0) is 30.2 Å². The van der Waals surface area contributed by atoms with E-state index in [-0.39, 0.29) is 12.2 Å². The number of halogens is 3. The highest BCUT2D eigenvalue weighted by atomic mass is 19.4. The molecule has 132 valence electrons. The number of alkyl halides is 3. The SMILES string of the molecule is CC[C@H](N)C(=O)N1c2ccc(O)cc2C[C@@H]1C(=O)NCC(F)(F)F. The van der Waals surface area contributed by atoms with Crippen LogP contribution in [-0.2, 0) is 16.0 Å². The molecule has 0 aromatic heterocycles. The van der Waals surface area contributed by atoms with Gasteiger partial charge >= 0.3 is 6.18 Å². The highest BCUT2D eigenvalue weighted by molar-refractivity contribution is 6.05. The van der Waals surface area contributed by atoms with Gasteiger partial charge in [0, 0.05) is 12.1 Å². The molecule has 1 heterocycles. The topological polar surface area (TPSA) is 95.7 Å². The average molecular weight is 345 g/mol. The molecule has 6 nitrogen and oxygen atoms in total. The largest absolute Gasteiger partial charge is 0.508 e. The number of fused-ring (bicyclic) bond motifs is 1. The molecule has 9 heteroatoms. The lowest BCUT2D eigenvalue weighted by Gasteiger charge is -2.27. The summed E-state index contributed by atoms with van der Waals surface area (Å²) in [4.78, 5) is 25.8. The highest BCUT2D eigenvalue weighted by Crippen LogP contribution is 2.35. The normalized spacial score (nSPS) is 18.2. The van der Waals surface area contributed by atoms with Crippen LogP contribution in [0.4, 0.5) is 18.9 Å². The van der Waals surface area contributed by atoms with Crippen molar-refractivity contribution in [1.82, 2.24) is 5.32 Å². The van der Waals surface area contributed by atoms with Gasteiger partial charge in [0.25, 0.3) is 0 Å². The molecule has 0 radical (unpaired) electrons. The Morgan fingerprint density at radius 1 is 1.46 bits per heavy atom. The maximum Gasteiger partial charge on any atom is 0.405 e. The molecule has 1 aliphatic rings. The molecule has 0 bridgehead atoms. The van der Waals surface area contributed by atoms with E-state index >= 15 is 0 Å². The zero-order chi connectivity index (χ0) is 18.1. The molecular formula is C15H18F3N3O3. The van der Waals surface area contributed by atoms with Crippen molar-refractivity contribution in [3.63, 3.8) is 0 Å². The Hall–Kier alpha value is -2.29. The Bertz CT molecular complexity index is 649. The summed E-state index contributed by atoms with van der Waals surface area (Å²) >= 11 is 0. The molecule has 24 heavy (non-hydrogen) atoms. The summed E-state index contributed by atoms with van der Waals surface area (Å²) in [6, 6.07) is 2.16. The summed E-state index contributed by atoms with van der Waals surface area (Å²) in [6.07, 6.45) is -4.22. The first-order valence-electron chi connectivity index (χ1n) is 7.39. The van der Waals surface area contributed by atoms with E-state index in [1.807, 2.05) is 0 Å². The van der Waals surface area contributed by atoms with Crippen molar-refractivity contribution in [2.45, 2.75) is 38.0 Å². The van der Waals surface area contributed by atoms with Gasteiger partial charge in [-0.1, -0.05) is 6.92 Å². The fourth-order valence-corrected chi connectivity index (χ4v) is 2.58. The standard InChI is InChI=1S/C15H18F3N3O3/c1-2-10(19)14(24)21-11-4-3-9(22)5-8(11)6-12(21)13(23)20-7-15(16,17)18/h3-5,10,12,22H,2,6-7,19H2,1H3,(H,20,23)/t10-,12+/m0/s1. The van der Waals surface area contributed by atoms with Gasteiger partial charge in [0.1, 0.15) is 18.3 Å². The number of nitrogens with zero attached hydrogens (tertiary/aromatic N) is 1. The number of rotatable bonds is 4. The highest BCUT2D eigenvalue weighted by Gasteiger charge is 2.40. The molecular weight excluding hydrogens is 327 g/mol. The maximum atomic E-state index is 12.5. The van der Waals surface area contributed by atoms with Gasteiger partial charge in [0.05, 0.1) is 6.04 Å². The zero-order valence-electron chi connectivity index (χ0n) is 12.9. The number of aromatic hydroxyl groups is 1. The van der Waals surface area contributed by atoms with Crippen LogP contribution in [0.5, 0.6) is 5.75 Å². The second-order valence-corrected chi connectivity index (χ2v) is 5.59. The molecule has 1 aromatic rings. The summed E-state index contributed by atoms with van der Waals surface area (Å²) in [5.41, 5.74) is 6.60. The van der Waals surface area contributed by atoms with Crippen LogP contribution in [0.15, 0.2) is 18.2 Å². The number of phenolic OH excluding ortho intramolecular Hbond substituents is 1. The summed E-state index contributed by atoms with van der Waals surface area (Å²) in [6.45, 7) is 0.209. The minimum absolute atomic E-state index is 0.00952. The molecule has 0 saturated heterocycles. The molecule has 1 aromatic carbocycles. The van der Waals surface area contributed by atoms with E-state index in [0.29, 0.717) is 17.7 Å². The number of carbonyl (C=O) groups excluding carboxylic acids is 2. The quantitative estimate of drug-likeness (QED) is 0.760. The third-order valence-electron chi connectivity index (χ3n) is 3.81. The number of hydrogen-bond donors (Lipinski definition) is 3. The van der Waals surface area contributed by atoms with Crippen molar-refractivity contribution in [2.75, 3.05) is 11.4 Å². The first kappa shape index (κ1) is 18.1. The Morgan fingerprint density at radius 3 is 2.71 bits per heavy atom. The lowest BCUT2D eigenvalue weighted by atomic mass is 10.1. The Labute approximate surface area is 136 Å². The van der Waals surface area contributed by atoms with Crippen LogP contribution in [0, 0.1) is 0 Å². The number of nitrogens with one attached hydrogen (secondary N) is 1. The lowest BCUT2D eigenvalue weighted by Crippen LogP contribution is -2.53. The molecule has 0 fully saturated rings. The van der Waals surface area contributed by atoms with E-state index in [1.54, 1.807) is 12.2 Å². The minimum Gasteiger partial charge on any atom is -0.508 e. The Balaban J connectivity index is 2.29. The number of nitrogens with two attached hydrogens (primary N) is 1. The van der Waals surface area contributed by atoms with E-state index in [9.17, 15) is 27.9 Å². The van der Waals surface area contributed by atoms with Crippen molar-refractivity contribution >= 4 is 17.5 Å². The number of carbonyl (C=O) groups is 2. The van der Waals surface area contributed by atoms with Crippen LogP contribution in [0.3, 0.4) is 0 Å². The predicted octanol–water partition coefficient (Wildman–Crippen LogP) is 1.07. The second-order valence-electron chi connectivity index (χ2n) is 5.59. The van der Waals surface area contributed by atoms with Crippen LogP contribution in [-0.4, -0.2) is 41.7 Å². The van der Waals surface area contributed by atoms with Gasteiger partial charge in [0.2, 0.25) is 11.8 Å². The van der Waals surface area contributed by atoms with Crippen molar-refractivity contribution in [1.29, 1.82) is 0 Å². The summed E-state index contributed by atoms with van der Waals surface area (Å²) in [5.74, 6) is -1.52. The molecule has 2 atom stereocenters. The summed E-state index contributed by atoms with van der Waals surface area (Å²) < 4.78 is 36.9. The average Bonchev–Trinajstić information content (AvgIpc) is 2.88. The van der Waals surface area contributed by atoms with Crippen LogP contribution < -0.4 is 16.0 Å². The lowest BCUT2D eigenvalue weighted by molar-refractivity contribution is -0.139. The van der Waals surface area contributed by atoms with Gasteiger partial charge in [-0.3, -0.25) is 14.5 Å². The maximum absolute atomic E-state index is 12.5. The number of hydrogen-bond acceptors (Lipinski definition) is 4. The number of amides is 2. The van der Waals surface area contributed by atoms with Gasteiger partial charge < -0.3 is 16.2 Å². The monoisotopic (exact) mass is 345 g/mol. The van der Waals surface area contributed by atoms with Gasteiger partial charge in [-0.15, -0.1) is 0 Å². The molecule has 1 aliphatic heterocycles. The third kappa shape index (κ3) is 3.78. The molecule has 0 aliphatic carbocycles. The molecule has 0 saturated carbocycles. The number of phenols is 1. The third-order valence-corrected chi connectivity index (χ3v) is 3.81. The van der Waals surface area contributed by atoms with Crippen LogP contribution in [0.1, 0.15) is 18.9 Å². The smallest absolute Gasteiger partial charge is 0.405 e. The van der Waals surface area contributed by atoms with Crippen LogP contribution in [0.2, 0.25) is 0 Å². The van der Waals surface area contributed by atoms with E-state index < -0.39 is 36.6 Å². The summed E-state index contributed by atoms with van der Waals surface area (Å²) in [7, 11) is 0. The molecule has 4 N–H and O–H groups in total. The fourth-order valence-electron chi connectivity index (χ4n) is 2.58. The summed E-state index contributed by atoms with van der Waals surface area (Å²) in [5, 5.41) is 11.3. The van der Waals surface area contributed by atoms with Crippen molar-refractivity contribution < 1.29 is 27.9 Å². The van der Waals surface area contributed by atoms with Gasteiger partial charge in [0.15, 0.2) is 0 Å². The Morgan fingerprint density at radius 2 is 2.12 bits per heavy atom. The minimum atomic E-state index is -4.55. The Kier molecular flexibility index (Phi) is 5.02. The van der Waals surface area contributed by atoms with E-state index in [0.717, 1.165) is 4.90 Å². The predicted molar refractivity (Wildman–Crippen MR) is 80.4 cm³/mol. The molecule has 2 amide bonds. The van der Waals surface area contributed by atoms with Gasteiger partial charge in [-0.25, -0.2) is 0 Å². The fraction of sp³-hybridized carbons (Fsp3) is 0.467. The number of benzene rings is 1. The van der Waals surface area contributed by atoms with E-state index in [4.69, 9.17) is 5.73 Å². The van der Waals surface area contributed by atoms with Crippen molar-refractivity contribution in [2.24, 2.45) is 5.73 Å². The van der Waals surface area contributed by atoms with Gasteiger partial charge in [-0.2, -0.15) is 13.2 Å². The van der Waals surface area contributed by atoms with E-state index in [2.05, 4.69) is 0 Å². The van der Waals surface area contributed by atoms with Crippen LogP contribution >= 0.6 is 0 Å². The van der Waals surface area contributed by atoms with Crippen molar-refractivity contribution in [3.8, 4) is 5.75 Å². The molecule has 0 unspecified atom stereocenters. The van der Waals surface area contributed by atoms with Crippen molar-refractivity contribution in [3.05, 3.63) is 23.8 Å². The van der Waals surface area contributed by atoms with Crippen LogP contribution in [0.25, 0.3) is 0 Å². The first-order valence-corrected chi connectivity index (χ1v) is 7.39. The molecule has 2 rings (SSSR count). The first-order chi connectivity index (χ1) is 11.1. The number of anilines is 1. The zero-order valence-corrected chi connectivity index (χ0v) is 12.9. The van der Waals surface area contributed by atoms with E-state index in [1.165, 1.54) is 18.2 Å². The molecule has 0 spiro atoms. The second kappa shape index (κ2) is 6.68.